The van der Waals surface area contributed by atoms with Crippen molar-refractivity contribution in [2.75, 3.05) is 36.0 Å². The predicted molar refractivity (Wildman–Crippen MR) is 191 cm³/mol. The molecule has 6 aromatic rings. The maximum Gasteiger partial charge on any atom is 0.0372 e. The van der Waals surface area contributed by atoms with Crippen LogP contribution in [0.1, 0.15) is 49.7 Å². The van der Waals surface area contributed by atoms with Crippen LogP contribution in [-0.4, -0.2) is 26.2 Å². The molecule has 2 heterocycles. The van der Waals surface area contributed by atoms with Crippen LogP contribution in [-0.2, 0) is 0 Å². The molecule has 2 fully saturated rings. The largest absolute Gasteiger partial charge is 0.372 e. The van der Waals surface area contributed by atoms with E-state index in [2.05, 4.69) is 121 Å². The third-order valence-corrected chi connectivity index (χ3v) is 10.4. The summed E-state index contributed by atoms with van der Waals surface area (Å²) in [5.74, 6) is 0. The summed E-state index contributed by atoms with van der Waals surface area (Å²) in [6.45, 7) is 9.05. The number of benzene rings is 6. The fourth-order valence-electron chi connectivity index (χ4n) is 7.84. The number of anilines is 2. The molecule has 0 atom stereocenters. The van der Waals surface area contributed by atoms with E-state index in [1.54, 1.807) is 0 Å². The van der Waals surface area contributed by atoms with Crippen molar-refractivity contribution in [2.24, 2.45) is 0 Å². The standard InChI is InChI=1S/C42H42N2/c1-29-16-17-32(26-30(29)2)41-37-20-18-34(44-24-9-4-10-25-44)28-40(37)42(36-15-11-13-31-12-5-6-14-35(31)36)38-21-19-33(27-39(38)41)43-22-7-3-8-23-43/h5-6,11-21,26-28H,3-4,7-10,22-25H2,1-2H3. The van der Waals surface area contributed by atoms with E-state index >= 15 is 0 Å². The van der Waals surface area contributed by atoms with E-state index < -0.39 is 0 Å². The van der Waals surface area contributed by atoms with Gasteiger partial charge in [0.2, 0.25) is 0 Å². The molecule has 0 radical (unpaired) electrons. The van der Waals surface area contributed by atoms with Crippen molar-refractivity contribution in [1.29, 1.82) is 0 Å². The quantitative estimate of drug-likeness (QED) is 0.193. The van der Waals surface area contributed by atoms with Crippen LogP contribution in [0.25, 0.3) is 54.6 Å². The summed E-state index contributed by atoms with van der Waals surface area (Å²) in [6.07, 6.45) is 7.79. The first-order valence-corrected chi connectivity index (χ1v) is 16.7. The van der Waals surface area contributed by atoms with Crippen molar-refractivity contribution in [1.82, 2.24) is 0 Å². The van der Waals surface area contributed by atoms with E-state index in [4.69, 9.17) is 0 Å². The molecule has 0 aliphatic carbocycles. The highest BCUT2D eigenvalue weighted by Crippen LogP contribution is 2.47. The van der Waals surface area contributed by atoms with E-state index in [1.165, 1.54) is 116 Å². The molecule has 44 heavy (non-hydrogen) atoms. The van der Waals surface area contributed by atoms with Crippen molar-refractivity contribution >= 4 is 43.7 Å². The maximum absolute atomic E-state index is 2.61. The molecular formula is C42H42N2. The van der Waals surface area contributed by atoms with E-state index in [1.807, 2.05) is 0 Å². The Morgan fingerprint density at radius 1 is 0.432 bits per heavy atom. The average molecular weight is 575 g/mol. The zero-order valence-electron chi connectivity index (χ0n) is 26.2. The number of nitrogens with zero attached hydrogens (tertiary/aromatic N) is 2. The maximum atomic E-state index is 2.61. The van der Waals surface area contributed by atoms with Crippen LogP contribution in [0.4, 0.5) is 11.4 Å². The number of rotatable bonds is 4. The molecule has 2 heteroatoms. The number of fused-ring (bicyclic) bond motifs is 3. The van der Waals surface area contributed by atoms with E-state index in [-0.39, 0.29) is 0 Å². The van der Waals surface area contributed by atoms with Gasteiger partial charge in [0, 0.05) is 37.6 Å². The lowest BCUT2D eigenvalue weighted by Gasteiger charge is -2.30. The van der Waals surface area contributed by atoms with Gasteiger partial charge in [-0.25, -0.2) is 0 Å². The molecule has 0 bridgehead atoms. The Bertz CT molecular complexity index is 2000. The van der Waals surface area contributed by atoms with Gasteiger partial charge in [-0.15, -0.1) is 0 Å². The van der Waals surface area contributed by atoms with E-state index in [9.17, 15) is 0 Å². The second-order valence-electron chi connectivity index (χ2n) is 13.1. The smallest absolute Gasteiger partial charge is 0.0372 e. The highest BCUT2D eigenvalue weighted by Gasteiger charge is 2.22. The van der Waals surface area contributed by atoms with Gasteiger partial charge < -0.3 is 9.80 Å². The zero-order valence-corrected chi connectivity index (χ0v) is 26.2. The van der Waals surface area contributed by atoms with Crippen molar-refractivity contribution in [3.63, 3.8) is 0 Å². The van der Waals surface area contributed by atoms with Crippen LogP contribution >= 0.6 is 0 Å². The lowest BCUT2D eigenvalue weighted by atomic mass is 9.83. The molecule has 0 N–H and O–H groups in total. The minimum absolute atomic E-state index is 1.14. The van der Waals surface area contributed by atoms with Gasteiger partial charge in [-0.3, -0.25) is 0 Å². The number of piperidine rings is 2. The topological polar surface area (TPSA) is 6.48 Å². The summed E-state index contributed by atoms with van der Waals surface area (Å²) in [5, 5.41) is 8.02. The Labute approximate surface area is 261 Å². The van der Waals surface area contributed by atoms with Gasteiger partial charge in [0.25, 0.3) is 0 Å². The zero-order chi connectivity index (χ0) is 29.6. The summed E-state index contributed by atoms with van der Waals surface area (Å²) in [4.78, 5) is 5.21. The average Bonchev–Trinajstić information content (AvgIpc) is 3.08. The molecule has 0 amide bonds. The summed E-state index contributed by atoms with van der Waals surface area (Å²) < 4.78 is 0. The lowest BCUT2D eigenvalue weighted by molar-refractivity contribution is 0.578. The van der Waals surface area contributed by atoms with Gasteiger partial charge >= 0.3 is 0 Å². The van der Waals surface area contributed by atoms with Gasteiger partial charge in [-0.05, 0) is 142 Å². The van der Waals surface area contributed by atoms with Crippen molar-refractivity contribution in [3.05, 3.63) is 108 Å². The molecule has 2 nitrogen and oxygen atoms in total. The number of aryl methyl sites for hydroxylation is 2. The molecule has 6 aromatic carbocycles. The first-order chi connectivity index (χ1) is 21.7. The third kappa shape index (κ3) is 4.72. The minimum Gasteiger partial charge on any atom is -0.372 e. The van der Waals surface area contributed by atoms with Crippen LogP contribution in [0.3, 0.4) is 0 Å². The molecule has 0 saturated carbocycles. The predicted octanol–water partition coefficient (Wildman–Crippen LogP) is 11.1. The molecule has 8 rings (SSSR count). The monoisotopic (exact) mass is 574 g/mol. The summed E-state index contributed by atoms with van der Waals surface area (Å²) >= 11 is 0. The third-order valence-electron chi connectivity index (χ3n) is 10.4. The summed E-state index contributed by atoms with van der Waals surface area (Å²) in [7, 11) is 0. The molecule has 2 aliphatic rings. The van der Waals surface area contributed by atoms with Crippen molar-refractivity contribution in [2.45, 2.75) is 52.4 Å². The highest BCUT2D eigenvalue weighted by molar-refractivity contribution is 6.24. The van der Waals surface area contributed by atoms with Crippen LogP contribution < -0.4 is 9.80 Å². The fourth-order valence-corrected chi connectivity index (χ4v) is 7.84. The van der Waals surface area contributed by atoms with Gasteiger partial charge in [0.05, 0.1) is 0 Å². The Kier molecular flexibility index (Phi) is 7.02. The Morgan fingerprint density at radius 2 is 1.02 bits per heavy atom. The Hall–Kier alpha value is -4.30. The molecule has 220 valence electrons. The number of hydrogen-bond acceptors (Lipinski definition) is 2. The minimum atomic E-state index is 1.14. The fraction of sp³-hybridized carbons (Fsp3) is 0.286. The lowest BCUT2D eigenvalue weighted by Crippen LogP contribution is -2.29. The molecule has 0 spiro atoms. The second kappa shape index (κ2) is 11.3. The van der Waals surface area contributed by atoms with Crippen LogP contribution in [0, 0.1) is 13.8 Å². The molecule has 0 aromatic heterocycles. The van der Waals surface area contributed by atoms with Gasteiger partial charge in [-0.2, -0.15) is 0 Å². The molecule has 2 saturated heterocycles. The van der Waals surface area contributed by atoms with Crippen LogP contribution in [0.2, 0.25) is 0 Å². The van der Waals surface area contributed by atoms with Crippen LogP contribution in [0.5, 0.6) is 0 Å². The van der Waals surface area contributed by atoms with Crippen LogP contribution in [0.15, 0.2) is 97.1 Å². The molecule has 0 unspecified atom stereocenters. The SMILES string of the molecule is Cc1ccc(-c2c3cc(N4CCCCC4)ccc3c(-c3cccc4ccccc34)c3cc(N4CCCCC4)ccc23)cc1C. The first kappa shape index (κ1) is 27.3. The van der Waals surface area contributed by atoms with Crippen molar-refractivity contribution < 1.29 is 0 Å². The summed E-state index contributed by atoms with van der Waals surface area (Å²) in [5.41, 5.74) is 10.8. The van der Waals surface area contributed by atoms with Crippen molar-refractivity contribution in [3.8, 4) is 22.3 Å². The Morgan fingerprint density at radius 3 is 1.68 bits per heavy atom. The highest BCUT2D eigenvalue weighted by atomic mass is 15.1. The molecule has 2 aliphatic heterocycles. The summed E-state index contributed by atoms with van der Waals surface area (Å²) in [6, 6.07) is 37.5. The second-order valence-corrected chi connectivity index (χ2v) is 13.1. The van der Waals surface area contributed by atoms with E-state index in [0.29, 0.717) is 0 Å². The number of hydrogen-bond donors (Lipinski definition) is 0. The first-order valence-electron chi connectivity index (χ1n) is 16.7. The van der Waals surface area contributed by atoms with Gasteiger partial charge in [0.15, 0.2) is 0 Å². The van der Waals surface area contributed by atoms with E-state index in [0.717, 1.165) is 26.2 Å². The molecular weight excluding hydrogens is 532 g/mol. The normalized spacial score (nSPS) is 15.9. The Balaban J connectivity index is 1.50. The van der Waals surface area contributed by atoms with Gasteiger partial charge in [-0.1, -0.05) is 72.8 Å². The van der Waals surface area contributed by atoms with Gasteiger partial charge in [0.1, 0.15) is 0 Å².